The van der Waals surface area contributed by atoms with Crippen molar-refractivity contribution in [3.05, 3.63) is 17.4 Å². The van der Waals surface area contributed by atoms with Gasteiger partial charge < -0.3 is 13.7 Å². The summed E-state index contributed by atoms with van der Waals surface area (Å²) in [5, 5.41) is 0. The van der Waals surface area contributed by atoms with E-state index in [2.05, 4.69) is 26.8 Å². The summed E-state index contributed by atoms with van der Waals surface area (Å²) in [7, 11) is 2.88. The van der Waals surface area contributed by atoms with Crippen LogP contribution in [-0.2, 0) is 9.31 Å². The van der Waals surface area contributed by atoms with Crippen molar-refractivity contribution in [1.29, 1.82) is 0 Å². The van der Waals surface area contributed by atoms with Gasteiger partial charge in [0.05, 0.1) is 0 Å². The number of fused-ring (bicyclic) bond motifs is 1. The molecule has 0 N–H and O–H groups in total. The third-order valence-electron chi connectivity index (χ3n) is 4.05. The molecule has 4 heteroatoms. The van der Waals surface area contributed by atoms with Crippen LogP contribution in [0.5, 0.6) is 0 Å². The number of rotatable bonds is 4. The van der Waals surface area contributed by atoms with Crippen molar-refractivity contribution in [1.82, 2.24) is 0 Å². The molecule has 1 aliphatic rings. The Balaban J connectivity index is 2.37. The zero-order chi connectivity index (χ0) is 13.3. The number of hydrogen-bond donors (Lipinski definition) is 0. The van der Waals surface area contributed by atoms with E-state index in [-0.39, 0.29) is 0 Å². The van der Waals surface area contributed by atoms with Crippen molar-refractivity contribution in [3.8, 4) is 0 Å². The first-order valence-electron chi connectivity index (χ1n) is 6.77. The molecule has 2 atom stereocenters. The minimum absolute atomic E-state index is 0.393. The molecule has 0 aromatic carbocycles. The maximum atomic E-state index is 6.04. The maximum Gasteiger partial charge on any atom is 0.531 e. The quantitative estimate of drug-likeness (QED) is 0.770. The van der Waals surface area contributed by atoms with E-state index in [4.69, 9.17) is 13.7 Å². The van der Waals surface area contributed by atoms with Crippen LogP contribution >= 0.6 is 0 Å². The molecule has 1 aliphatic carbocycles. The van der Waals surface area contributed by atoms with Gasteiger partial charge in [-0.2, -0.15) is 0 Å². The summed E-state index contributed by atoms with van der Waals surface area (Å²) in [6.45, 7) is 6.79. The molecule has 0 saturated heterocycles. The highest BCUT2D eigenvalue weighted by Gasteiger charge is 2.34. The monoisotopic (exact) mass is 250 g/mol. The Bertz CT molecular complexity index is 396. The predicted molar refractivity (Wildman–Crippen MR) is 73.3 cm³/mol. The molecule has 1 aromatic rings. The fraction of sp³-hybridized carbons (Fsp3) is 0.714. The Morgan fingerprint density at radius 2 is 1.94 bits per heavy atom. The molecule has 18 heavy (non-hydrogen) atoms. The summed E-state index contributed by atoms with van der Waals surface area (Å²) in [5.74, 6) is 2.86. The lowest BCUT2D eigenvalue weighted by Crippen LogP contribution is -2.33. The second-order valence-corrected chi connectivity index (χ2v) is 5.60. The van der Waals surface area contributed by atoms with Crippen LogP contribution in [0.1, 0.15) is 56.8 Å². The molecule has 0 saturated carbocycles. The smallest absolute Gasteiger partial charge is 0.469 e. The molecule has 1 aromatic heterocycles. The fourth-order valence-corrected chi connectivity index (χ4v) is 2.91. The van der Waals surface area contributed by atoms with Crippen LogP contribution in [-0.4, -0.2) is 21.3 Å². The molecule has 0 amide bonds. The van der Waals surface area contributed by atoms with Crippen molar-refractivity contribution in [3.63, 3.8) is 0 Å². The van der Waals surface area contributed by atoms with Crippen LogP contribution in [0.25, 0.3) is 0 Å². The molecule has 0 fully saturated rings. The van der Waals surface area contributed by atoms with Crippen molar-refractivity contribution in [2.75, 3.05) is 14.2 Å². The summed E-state index contributed by atoms with van der Waals surface area (Å²) >= 11 is 0. The Kier molecular flexibility index (Phi) is 4.18. The Morgan fingerprint density at radius 3 is 2.50 bits per heavy atom. The average molecular weight is 250 g/mol. The Hall–Kier alpha value is -0.735. The summed E-state index contributed by atoms with van der Waals surface area (Å²) in [6, 6.07) is 2.12. The van der Waals surface area contributed by atoms with E-state index < -0.39 is 7.12 Å². The number of hydrogen-bond acceptors (Lipinski definition) is 3. The first kappa shape index (κ1) is 13.7. The topological polar surface area (TPSA) is 31.6 Å². The summed E-state index contributed by atoms with van der Waals surface area (Å²) in [6.07, 6.45) is 2.45. The molecular weight excluding hydrogens is 227 g/mol. The highest BCUT2D eigenvalue weighted by Crippen LogP contribution is 2.42. The Morgan fingerprint density at radius 1 is 1.28 bits per heavy atom. The molecule has 2 rings (SSSR count). The Labute approximate surface area is 110 Å². The lowest BCUT2D eigenvalue weighted by atomic mass is 9.76. The lowest BCUT2D eigenvalue weighted by Gasteiger charge is -2.27. The second kappa shape index (κ2) is 5.49. The van der Waals surface area contributed by atoms with Gasteiger partial charge in [-0.3, -0.25) is 0 Å². The van der Waals surface area contributed by atoms with Crippen LogP contribution in [0.2, 0.25) is 0 Å². The van der Waals surface area contributed by atoms with Gasteiger partial charge in [0.2, 0.25) is 0 Å². The van der Waals surface area contributed by atoms with Crippen LogP contribution in [0.3, 0.4) is 0 Å². The molecular formula is C14H23BO3. The van der Waals surface area contributed by atoms with E-state index in [1.807, 2.05) is 0 Å². The highest BCUT2D eigenvalue weighted by molar-refractivity contribution is 6.59. The van der Waals surface area contributed by atoms with E-state index in [1.54, 1.807) is 14.2 Å². The first-order valence-corrected chi connectivity index (χ1v) is 6.77. The maximum absolute atomic E-state index is 6.04. The third kappa shape index (κ3) is 2.36. The van der Waals surface area contributed by atoms with Crippen LogP contribution in [0.4, 0.5) is 0 Å². The van der Waals surface area contributed by atoms with E-state index in [9.17, 15) is 0 Å². The zero-order valence-corrected chi connectivity index (χ0v) is 12.0. The van der Waals surface area contributed by atoms with Gasteiger partial charge in [-0.05, 0) is 36.3 Å². The van der Waals surface area contributed by atoms with Gasteiger partial charge in [0.15, 0.2) is 0 Å². The van der Waals surface area contributed by atoms with E-state index in [1.165, 1.54) is 18.4 Å². The van der Waals surface area contributed by atoms with Crippen LogP contribution in [0.15, 0.2) is 10.5 Å². The zero-order valence-electron chi connectivity index (χ0n) is 12.0. The number of furan rings is 1. The molecule has 100 valence electrons. The van der Waals surface area contributed by atoms with E-state index in [0.29, 0.717) is 17.8 Å². The third-order valence-corrected chi connectivity index (χ3v) is 4.05. The van der Waals surface area contributed by atoms with E-state index in [0.717, 1.165) is 11.4 Å². The molecule has 0 aliphatic heterocycles. The normalized spacial score (nSPS) is 23.2. The van der Waals surface area contributed by atoms with Gasteiger partial charge in [0, 0.05) is 20.1 Å². The summed E-state index contributed by atoms with van der Waals surface area (Å²) in [5.41, 5.74) is 2.14. The minimum atomic E-state index is -0.393. The van der Waals surface area contributed by atoms with Crippen molar-refractivity contribution >= 4 is 12.8 Å². The highest BCUT2D eigenvalue weighted by atomic mass is 16.6. The van der Waals surface area contributed by atoms with Crippen molar-refractivity contribution in [2.24, 2.45) is 5.92 Å². The van der Waals surface area contributed by atoms with Gasteiger partial charge in [0.25, 0.3) is 0 Å². The van der Waals surface area contributed by atoms with Gasteiger partial charge in [-0.15, -0.1) is 0 Å². The SMILES string of the molecule is COB(OC)c1cc2c(o1)[C@H](C(C)C)CC[C@H]2C. The van der Waals surface area contributed by atoms with Gasteiger partial charge in [-0.1, -0.05) is 20.8 Å². The van der Waals surface area contributed by atoms with Gasteiger partial charge in [-0.25, -0.2) is 0 Å². The minimum Gasteiger partial charge on any atom is -0.469 e. The summed E-state index contributed by atoms with van der Waals surface area (Å²) < 4.78 is 16.6. The largest absolute Gasteiger partial charge is 0.531 e. The fourth-order valence-electron chi connectivity index (χ4n) is 2.91. The molecule has 0 radical (unpaired) electrons. The van der Waals surface area contributed by atoms with Gasteiger partial charge >= 0.3 is 7.12 Å². The predicted octanol–water partition coefficient (Wildman–Crippen LogP) is 2.90. The van der Waals surface area contributed by atoms with Crippen molar-refractivity contribution < 1.29 is 13.7 Å². The van der Waals surface area contributed by atoms with Crippen molar-refractivity contribution in [2.45, 2.75) is 45.4 Å². The molecule has 0 unspecified atom stereocenters. The second-order valence-electron chi connectivity index (χ2n) is 5.60. The van der Waals surface area contributed by atoms with Crippen LogP contribution in [0, 0.1) is 5.92 Å². The molecule has 0 spiro atoms. The standard InChI is InChI=1S/C14H23BO3/c1-9(2)11-7-6-10(3)12-8-13(18-14(11)12)15(16-4)17-5/h8-11H,6-7H2,1-5H3/t10-,11+/m1/s1. The van der Waals surface area contributed by atoms with Gasteiger partial charge in [0.1, 0.15) is 11.4 Å². The lowest BCUT2D eigenvalue weighted by molar-refractivity contribution is 0.280. The summed E-state index contributed by atoms with van der Waals surface area (Å²) in [4.78, 5) is 0. The molecule has 0 bridgehead atoms. The average Bonchev–Trinajstić information content (AvgIpc) is 2.76. The molecule has 3 nitrogen and oxygen atoms in total. The molecule has 1 heterocycles. The van der Waals surface area contributed by atoms with Crippen LogP contribution < -0.4 is 5.66 Å². The first-order chi connectivity index (χ1) is 8.58. The van der Waals surface area contributed by atoms with E-state index >= 15 is 0 Å².